The summed E-state index contributed by atoms with van der Waals surface area (Å²) in [7, 11) is 1.75. The van der Waals surface area contributed by atoms with Crippen LogP contribution in [0.1, 0.15) is 30.1 Å². The fourth-order valence-electron chi connectivity index (χ4n) is 2.96. The van der Waals surface area contributed by atoms with Crippen molar-refractivity contribution >= 4 is 0 Å². The number of piperidine rings is 1. The first-order valence-corrected chi connectivity index (χ1v) is 7.81. The number of hydrogen-bond donors (Lipinski definition) is 1. The van der Waals surface area contributed by atoms with Gasteiger partial charge < -0.3 is 14.6 Å². The lowest BCUT2D eigenvalue weighted by molar-refractivity contribution is 0.127. The molecule has 118 valence electrons. The number of rotatable bonds is 5. The summed E-state index contributed by atoms with van der Waals surface area (Å²) in [6.45, 7) is 5.92. The van der Waals surface area contributed by atoms with Gasteiger partial charge in [0.1, 0.15) is 5.69 Å². The molecule has 1 atom stereocenters. The highest BCUT2D eigenvalue weighted by Gasteiger charge is 2.22. The Balaban J connectivity index is 1.74. The molecular formula is C16H23N5O. The summed E-state index contributed by atoms with van der Waals surface area (Å²) in [5.74, 6) is 1.23. The van der Waals surface area contributed by atoms with E-state index in [1.165, 1.54) is 12.8 Å². The Kier molecular flexibility index (Phi) is 4.80. The Bertz CT molecular complexity index is 612. The summed E-state index contributed by atoms with van der Waals surface area (Å²) in [6, 6.07) is 0. The zero-order valence-electron chi connectivity index (χ0n) is 13.2. The van der Waals surface area contributed by atoms with Gasteiger partial charge in [-0.1, -0.05) is 0 Å². The van der Waals surface area contributed by atoms with Gasteiger partial charge in [0.05, 0.1) is 18.5 Å². The number of hydrogen-bond acceptors (Lipinski definition) is 5. The van der Waals surface area contributed by atoms with Crippen LogP contribution in [0.5, 0.6) is 0 Å². The largest absolute Gasteiger partial charge is 0.383 e. The van der Waals surface area contributed by atoms with E-state index in [-0.39, 0.29) is 0 Å². The highest BCUT2D eigenvalue weighted by atomic mass is 16.5. The lowest BCUT2D eigenvalue weighted by Crippen LogP contribution is -2.36. The van der Waals surface area contributed by atoms with Gasteiger partial charge in [0.2, 0.25) is 0 Å². The van der Waals surface area contributed by atoms with Crippen molar-refractivity contribution in [2.75, 3.05) is 33.4 Å². The van der Waals surface area contributed by atoms with E-state index >= 15 is 0 Å². The molecule has 0 saturated carbocycles. The molecule has 3 heterocycles. The molecule has 1 unspecified atom stereocenters. The molecular weight excluding hydrogens is 278 g/mol. The van der Waals surface area contributed by atoms with Crippen molar-refractivity contribution in [1.29, 1.82) is 0 Å². The van der Waals surface area contributed by atoms with Crippen molar-refractivity contribution in [3.63, 3.8) is 0 Å². The summed E-state index contributed by atoms with van der Waals surface area (Å²) >= 11 is 0. The molecule has 3 rings (SSSR count). The lowest BCUT2D eigenvalue weighted by atomic mass is 9.95. The molecule has 2 aromatic heterocycles. The Morgan fingerprint density at radius 1 is 1.36 bits per heavy atom. The first kappa shape index (κ1) is 15.1. The molecule has 1 N–H and O–H groups in total. The van der Waals surface area contributed by atoms with Gasteiger partial charge in [0.15, 0.2) is 5.82 Å². The molecule has 1 aliphatic heterocycles. The van der Waals surface area contributed by atoms with E-state index in [1.54, 1.807) is 13.3 Å². The van der Waals surface area contributed by atoms with Crippen molar-refractivity contribution in [2.24, 2.45) is 0 Å². The maximum Gasteiger partial charge on any atom is 0.157 e. The van der Waals surface area contributed by atoms with Gasteiger partial charge in [-0.2, -0.15) is 0 Å². The van der Waals surface area contributed by atoms with Crippen LogP contribution in [0.4, 0.5) is 0 Å². The van der Waals surface area contributed by atoms with Gasteiger partial charge in [0, 0.05) is 44.2 Å². The number of aryl methyl sites for hydroxylation is 1. The van der Waals surface area contributed by atoms with Crippen molar-refractivity contribution in [3.8, 4) is 11.5 Å². The molecule has 0 spiro atoms. The van der Waals surface area contributed by atoms with Crippen molar-refractivity contribution in [1.82, 2.24) is 24.8 Å². The second-order valence-corrected chi connectivity index (χ2v) is 5.88. The number of nitrogens with one attached hydrogen (secondary N) is 1. The number of nitrogens with zero attached hydrogens (tertiary/aromatic N) is 4. The van der Waals surface area contributed by atoms with E-state index in [9.17, 15) is 0 Å². The summed E-state index contributed by atoms with van der Waals surface area (Å²) in [4.78, 5) is 19.2. The SMILES string of the molecule is COCCN1CCCC(c2cncc(-c3ncc(C)[nH]3)n2)C1. The first-order valence-electron chi connectivity index (χ1n) is 7.81. The average molecular weight is 301 g/mol. The molecule has 0 aromatic carbocycles. The maximum atomic E-state index is 5.18. The standard InChI is InChI=1S/C16H23N5O/c1-12-8-18-16(19-12)15-10-17-9-14(20-15)13-4-3-5-21(11-13)6-7-22-2/h8-10,13H,3-7,11H2,1-2H3,(H,18,19). The summed E-state index contributed by atoms with van der Waals surface area (Å²) < 4.78 is 5.18. The molecule has 0 radical (unpaired) electrons. The second kappa shape index (κ2) is 6.98. The molecule has 1 fully saturated rings. The Hall–Kier alpha value is -1.79. The minimum atomic E-state index is 0.439. The van der Waals surface area contributed by atoms with E-state index in [0.29, 0.717) is 5.92 Å². The predicted octanol–water partition coefficient (Wildman–Crippen LogP) is 2.00. The molecule has 1 saturated heterocycles. The highest BCUT2D eigenvalue weighted by Crippen LogP contribution is 2.26. The van der Waals surface area contributed by atoms with E-state index in [4.69, 9.17) is 9.72 Å². The van der Waals surface area contributed by atoms with Gasteiger partial charge in [-0.3, -0.25) is 4.98 Å². The lowest BCUT2D eigenvalue weighted by Gasteiger charge is -2.32. The minimum Gasteiger partial charge on any atom is -0.383 e. The van der Waals surface area contributed by atoms with Crippen LogP contribution in [0.25, 0.3) is 11.5 Å². The molecule has 6 nitrogen and oxygen atoms in total. The van der Waals surface area contributed by atoms with Crippen LogP contribution >= 0.6 is 0 Å². The highest BCUT2D eigenvalue weighted by molar-refractivity contribution is 5.48. The monoisotopic (exact) mass is 301 g/mol. The van der Waals surface area contributed by atoms with E-state index in [2.05, 4.69) is 19.9 Å². The van der Waals surface area contributed by atoms with Crippen LogP contribution in [0.3, 0.4) is 0 Å². The Labute approximate surface area is 131 Å². The Morgan fingerprint density at radius 3 is 3.05 bits per heavy atom. The van der Waals surface area contributed by atoms with Crippen molar-refractivity contribution < 1.29 is 4.74 Å². The molecule has 1 aliphatic rings. The van der Waals surface area contributed by atoms with Gasteiger partial charge >= 0.3 is 0 Å². The minimum absolute atomic E-state index is 0.439. The summed E-state index contributed by atoms with van der Waals surface area (Å²) in [5.41, 5.74) is 2.92. The third-order valence-electron chi connectivity index (χ3n) is 4.13. The number of aromatic nitrogens is 4. The van der Waals surface area contributed by atoms with E-state index in [0.717, 1.165) is 49.1 Å². The van der Waals surface area contributed by atoms with Crippen LogP contribution in [-0.4, -0.2) is 58.2 Å². The van der Waals surface area contributed by atoms with Gasteiger partial charge in [-0.25, -0.2) is 9.97 Å². The van der Waals surface area contributed by atoms with Crippen LogP contribution < -0.4 is 0 Å². The normalized spacial score (nSPS) is 19.5. The molecule has 22 heavy (non-hydrogen) atoms. The van der Waals surface area contributed by atoms with Gasteiger partial charge in [-0.15, -0.1) is 0 Å². The number of ether oxygens (including phenoxy) is 1. The number of H-pyrrole nitrogens is 1. The molecule has 2 aromatic rings. The van der Waals surface area contributed by atoms with Gasteiger partial charge in [-0.05, 0) is 26.3 Å². The molecule has 6 heteroatoms. The zero-order valence-corrected chi connectivity index (χ0v) is 13.2. The topological polar surface area (TPSA) is 66.9 Å². The third kappa shape index (κ3) is 3.51. The van der Waals surface area contributed by atoms with Crippen molar-refractivity contribution in [2.45, 2.75) is 25.7 Å². The fraction of sp³-hybridized carbons (Fsp3) is 0.562. The Morgan fingerprint density at radius 2 is 2.27 bits per heavy atom. The fourth-order valence-corrected chi connectivity index (χ4v) is 2.96. The van der Waals surface area contributed by atoms with Gasteiger partial charge in [0.25, 0.3) is 0 Å². The average Bonchev–Trinajstić information content (AvgIpc) is 3.00. The summed E-state index contributed by atoms with van der Waals surface area (Å²) in [6.07, 6.45) is 7.84. The molecule has 0 amide bonds. The van der Waals surface area contributed by atoms with Crippen LogP contribution in [0.15, 0.2) is 18.6 Å². The molecule has 0 bridgehead atoms. The molecule has 0 aliphatic carbocycles. The first-order chi connectivity index (χ1) is 10.8. The summed E-state index contributed by atoms with van der Waals surface area (Å²) in [5, 5.41) is 0. The number of likely N-dealkylation sites (tertiary alicyclic amines) is 1. The maximum absolute atomic E-state index is 5.18. The zero-order chi connectivity index (χ0) is 15.4. The smallest absolute Gasteiger partial charge is 0.157 e. The predicted molar refractivity (Wildman–Crippen MR) is 84.6 cm³/mol. The number of aromatic amines is 1. The second-order valence-electron chi connectivity index (χ2n) is 5.88. The van der Waals surface area contributed by atoms with Crippen LogP contribution in [-0.2, 0) is 4.74 Å². The third-order valence-corrected chi connectivity index (χ3v) is 4.13. The number of methoxy groups -OCH3 is 1. The quantitative estimate of drug-likeness (QED) is 0.915. The van der Waals surface area contributed by atoms with Crippen LogP contribution in [0, 0.1) is 6.92 Å². The number of imidazole rings is 1. The van der Waals surface area contributed by atoms with Crippen molar-refractivity contribution in [3.05, 3.63) is 30.0 Å². The van der Waals surface area contributed by atoms with Crippen LogP contribution in [0.2, 0.25) is 0 Å². The van der Waals surface area contributed by atoms with E-state index < -0.39 is 0 Å². The van der Waals surface area contributed by atoms with E-state index in [1.807, 2.05) is 19.3 Å².